The zero-order chi connectivity index (χ0) is 19.7. The summed E-state index contributed by atoms with van der Waals surface area (Å²) in [5, 5.41) is 7.96. The van der Waals surface area contributed by atoms with Gasteiger partial charge >= 0.3 is 0 Å². The molecule has 0 N–H and O–H groups in total. The maximum absolute atomic E-state index is 2.40. The van der Waals surface area contributed by atoms with Gasteiger partial charge in [0, 0.05) is 36.6 Å². The third-order valence-corrected chi connectivity index (χ3v) is 7.30. The Kier molecular flexibility index (Phi) is 4.10. The Morgan fingerprint density at radius 3 is 2.13 bits per heavy atom. The Hall–Kier alpha value is -3.27. The van der Waals surface area contributed by atoms with Crippen molar-refractivity contribution in [2.24, 2.45) is 0 Å². The van der Waals surface area contributed by atoms with Gasteiger partial charge in [-0.05, 0) is 53.2 Å². The number of hydrogen-bond acceptors (Lipinski definition) is 1. The van der Waals surface area contributed by atoms with Gasteiger partial charge in [0.25, 0.3) is 0 Å². The number of rotatable bonds is 1. The lowest BCUT2D eigenvalue weighted by Gasteiger charge is -2.08. The summed E-state index contributed by atoms with van der Waals surface area (Å²) in [6, 6.07) is 37.5. The Morgan fingerprint density at radius 1 is 0.516 bits per heavy atom. The maximum atomic E-state index is 2.40. The normalized spacial score (nSPS) is 11.6. The summed E-state index contributed by atoms with van der Waals surface area (Å²) < 4.78 is 5.10. The predicted octanol–water partition coefficient (Wildman–Crippen LogP) is 8.42. The molecule has 31 heavy (non-hydrogen) atoms. The standard InChI is InChI=1S/C28H17NS.H2S/c1-2-8-19(9-3-1)29-24-12-6-4-10-20(24)23-16-18-14-15-27-28(22(18)17-25(23)29)21-11-5-7-13-26(21)30-27;/h1-17H;1H2. The molecule has 3 heteroatoms. The van der Waals surface area contributed by atoms with Crippen molar-refractivity contribution in [1.82, 2.24) is 4.57 Å². The Labute approximate surface area is 190 Å². The lowest BCUT2D eigenvalue weighted by Crippen LogP contribution is -1.92. The van der Waals surface area contributed by atoms with Crippen LogP contribution in [0.25, 0.3) is 58.4 Å². The van der Waals surface area contributed by atoms with Gasteiger partial charge in [0.1, 0.15) is 0 Å². The van der Waals surface area contributed by atoms with Crippen LogP contribution in [0, 0.1) is 0 Å². The van der Waals surface area contributed by atoms with Crippen LogP contribution in [0.15, 0.2) is 103 Å². The second kappa shape index (κ2) is 6.88. The zero-order valence-corrected chi connectivity index (χ0v) is 18.5. The van der Waals surface area contributed by atoms with E-state index in [4.69, 9.17) is 0 Å². The van der Waals surface area contributed by atoms with Crippen molar-refractivity contribution in [1.29, 1.82) is 0 Å². The van der Waals surface area contributed by atoms with Crippen LogP contribution in [-0.2, 0) is 0 Å². The first-order valence-corrected chi connectivity index (χ1v) is 11.0. The van der Waals surface area contributed by atoms with Crippen molar-refractivity contribution in [3.8, 4) is 5.69 Å². The fourth-order valence-corrected chi connectivity index (χ4v) is 5.99. The number of aromatic nitrogens is 1. The van der Waals surface area contributed by atoms with E-state index in [1.807, 2.05) is 11.3 Å². The molecule has 148 valence electrons. The number of fused-ring (bicyclic) bond motifs is 8. The van der Waals surface area contributed by atoms with Gasteiger partial charge in [-0.15, -0.1) is 11.3 Å². The van der Waals surface area contributed by atoms with E-state index in [2.05, 4.69) is 108 Å². The van der Waals surface area contributed by atoms with Gasteiger partial charge in [0.05, 0.1) is 11.0 Å². The minimum Gasteiger partial charge on any atom is -0.309 e. The first-order chi connectivity index (χ1) is 14.9. The number of benzene rings is 5. The molecule has 2 heterocycles. The average Bonchev–Trinajstić information content (AvgIpc) is 3.34. The first kappa shape index (κ1) is 18.5. The lowest BCUT2D eigenvalue weighted by molar-refractivity contribution is 1.18. The van der Waals surface area contributed by atoms with Gasteiger partial charge in [-0.2, -0.15) is 13.5 Å². The molecule has 2 aromatic heterocycles. The van der Waals surface area contributed by atoms with E-state index in [1.165, 1.54) is 58.4 Å². The third-order valence-electron chi connectivity index (χ3n) is 6.16. The maximum Gasteiger partial charge on any atom is 0.0547 e. The predicted molar refractivity (Wildman–Crippen MR) is 142 cm³/mol. The summed E-state index contributed by atoms with van der Waals surface area (Å²) in [5.74, 6) is 0. The minimum absolute atomic E-state index is 0. The van der Waals surface area contributed by atoms with Crippen molar-refractivity contribution in [3.05, 3.63) is 103 Å². The zero-order valence-electron chi connectivity index (χ0n) is 16.7. The highest BCUT2D eigenvalue weighted by Gasteiger charge is 2.15. The van der Waals surface area contributed by atoms with Crippen LogP contribution in [0.2, 0.25) is 0 Å². The minimum atomic E-state index is 0. The molecule has 0 radical (unpaired) electrons. The van der Waals surface area contributed by atoms with Crippen LogP contribution in [0.5, 0.6) is 0 Å². The molecule has 0 spiro atoms. The molecule has 5 aromatic carbocycles. The topological polar surface area (TPSA) is 4.93 Å². The van der Waals surface area contributed by atoms with Crippen molar-refractivity contribution < 1.29 is 0 Å². The summed E-state index contributed by atoms with van der Waals surface area (Å²) >= 11 is 1.88. The second-order valence-corrected chi connectivity index (χ2v) is 8.90. The van der Waals surface area contributed by atoms with Crippen LogP contribution in [-0.4, -0.2) is 4.57 Å². The molecule has 0 unspecified atom stereocenters. The van der Waals surface area contributed by atoms with Gasteiger partial charge < -0.3 is 4.57 Å². The molecule has 0 fully saturated rings. The molecule has 0 amide bonds. The Balaban J connectivity index is 0.00000185. The lowest BCUT2D eigenvalue weighted by atomic mass is 10.0. The molecule has 7 rings (SSSR count). The van der Waals surface area contributed by atoms with Crippen molar-refractivity contribution in [2.75, 3.05) is 0 Å². The molecule has 0 saturated carbocycles. The van der Waals surface area contributed by atoms with Crippen LogP contribution >= 0.6 is 24.8 Å². The number of nitrogens with zero attached hydrogens (tertiary/aromatic N) is 1. The first-order valence-electron chi connectivity index (χ1n) is 10.2. The Bertz CT molecular complexity index is 1740. The average molecular weight is 434 g/mol. The molecule has 0 aliphatic heterocycles. The number of hydrogen-bond donors (Lipinski definition) is 0. The van der Waals surface area contributed by atoms with E-state index in [-0.39, 0.29) is 13.5 Å². The summed E-state index contributed by atoms with van der Waals surface area (Å²) in [5.41, 5.74) is 3.71. The van der Waals surface area contributed by atoms with E-state index in [1.54, 1.807) is 0 Å². The highest BCUT2D eigenvalue weighted by atomic mass is 32.1. The molecular formula is C28H19NS2. The summed E-state index contributed by atoms with van der Waals surface area (Å²) in [4.78, 5) is 0. The van der Waals surface area contributed by atoms with Gasteiger partial charge in [0.2, 0.25) is 0 Å². The molecule has 0 aliphatic rings. The van der Waals surface area contributed by atoms with E-state index in [9.17, 15) is 0 Å². The molecule has 0 atom stereocenters. The molecule has 0 bridgehead atoms. The smallest absolute Gasteiger partial charge is 0.0547 e. The highest BCUT2D eigenvalue weighted by molar-refractivity contribution is 7.59. The summed E-state index contributed by atoms with van der Waals surface area (Å²) in [6.45, 7) is 0. The quantitative estimate of drug-likeness (QED) is 0.245. The molecule has 1 nitrogen and oxygen atoms in total. The van der Waals surface area contributed by atoms with Crippen molar-refractivity contribution in [2.45, 2.75) is 0 Å². The number of thiophene rings is 1. The number of para-hydroxylation sites is 2. The van der Waals surface area contributed by atoms with E-state index < -0.39 is 0 Å². The molecule has 7 aromatic rings. The fourth-order valence-electron chi connectivity index (χ4n) is 4.87. The largest absolute Gasteiger partial charge is 0.309 e. The molecular weight excluding hydrogens is 414 g/mol. The van der Waals surface area contributed by atoms with E-state index >= 15 is 0 Å². The highest BCUT2D eigenvalue weighted by Crippen LogP contribution is 2.41. The van der Waals surface area contributed by atoms with Crippen molar-refractivity contribution >= 4 is 77.6 Å². The SMILES string of the molecule is S.c1ccc(-n2c3ccccc3c3cc4ccc5sc6ccccc6c5c4cc32)cc1. The Morgan fingerprint density at radius 2 is 1.26 bits per heavy atom. The van der Waals surface area contributed by atoms with Crippen LogP contribution in [0.3, 0.4) is 0 Å². The third kappa shape index (κ3) is 2.57. The van der Waals surface area contributed by atoms with Crippen LogP contribution in [0.4, 0.5) is 0 Å². The monoisotopic (exact) mass is 433 g/mol. The molecule has 0 saturated heterocycles. The van der Waals surface area contributed by atoms with E-state index in [0.29, 0.717) is 0 Å². The van der Waals surface area contributed by atoms with Gasteiger partial charge in [0.15, 0.2) is 0 Å². The van der Waals surface area contributed by atoms with E-state index in [0.717, 1.165) is 0 Å². The van der Waals surface area contributed by atoms with Crippen molar-refractivity contribution in [3.63, 3.8) is 0 Å². The summed E-state index contributed by atoms with van der Waals surface area (Å²) in [7, 11) is 0. The second-order valence-electron chi connectivity index (χ2n) is 7.82. The van der Waals surface area contributed by atoms with Crippen LogP contribution in [0.1, 0.15) is 0 Å². The van der Waals surface area contributed by atoms with Gasteiger partial charge in [-0.25, -0.2) is 0 Å². The van der Waals surface area contributed by atoms with Gasteiger partial charge in [-0.3, -0.25) is 0 Å². The fraction of sp³-hybridized carbons (Fsp3) is 0. The van der Waals surface area contributed by atoms with Gasteiger partial charge in [-0.1, -0.05) is 60.7 Å². The molecule has 0 aliphatic carbocycles. The van der Waals surface area contributed by atoms with Crippen LogP contribution < -0.4 is 0 Å². The summed E-state index contributed by atoms with van der Waals surface area (Å²) in [6.07, 6.45) is 0.